The number of aromatic nitrogens is 2. The number of benzene rings is 1. The molecule has 0 radical (unpaired) electrons. The van der Waals surface area contributed by atoms with E-state index >= 15 is 0 Å². The van der Waals surface area contributed by atoms with E-state index in [4.69, 9.17) is 15.6 Å². The van der Waals surface area contributed by atoms with Crippen LogP contribution in [0.25, 0.3) is 21.6 Å². The predicted molar refractivity (Wildman–Crippen MR) is 97.8 cm³/mol. The van der Waals surface area contributed by atoms with Crippen molar-refractivity contribution < 1.29 is 4.74 Å². The molecule has 24 heavy (non-hydrogen) atoms. The smallest absolute Gasteiger partial charge is 0.163 e. The van der Waals surface area contributed by atoms with Crippen molar-refractivity contribution in [3.8, 4) is 11.4 Å². The number of nitrogens with zero attached hydrogens (tertiary/aromatic N) is 2. The Kier molecular flexibility index (Phi) is 3.96. The second kappa shape index (κ2) is 6.12. The molecule has 6 heteroatoms. The van der Waals surface area contributed by atoms with Gasteiger partial charge in [0.25, 0.3) is 0 Å². The van der Waals surface area contributed by atoms with E-state index < -0.39 is 0 Å². The summed E-state index contributed by atoms with van der Waals surface area (Å²) < 4.78 is 5.99. The van der Waals surface area contributed by atoms with Crippen LogP contribution in [0.1, 0.15) is 24.3 Å². The molecule has 4 rings (SSSR count). The number of nitrogen functional groups attached to an aromatic ring is 1. The average molecular weight is 340 g/mol. The lowest BCUT2D eigenvalue weighted by atomic mass is 9.95. The monoisotopic (exact) mass is 340 g/mol. The van der Waals surface area contributed by atoms with Crippen LogP contribution >= 0.6 is 11.3 Å². The van der Waals surface area contributed by atoms with Gasteiger partial charge in [-0.15, -0.1) is 11.3 Å². The van der Waals surface area contributed by atoms with Crippen LogP contribution in [-0.2, 0) is 17.8 Å². The molecular weight excluding hydrogens is 320 g/mol. The van der Waals surface area contributed by atoms with Crippen molar-refractivity contribution in [3.05, 3.63) is 40.8 Å². The summed E-state index contributed by atoms with van der Waals surface area (Å²) in [5, 5.41) is 1.05. The quantitative estimate of drug-likeness (QED) is 0.561. The number of hydrazine groups is 1. The second-order valence-electron chi connectivity index (χ2n) is 6.39. The summed E-state index contributed by atoms with van der Waals surface area (Å²) in [6, 6.07) is 9.97. The topological polar surface area (TPSA) is 73.1 Å². The van der Waals surface area contributed by atoms with Crippen molar-refractivity contribution in [2.24, 2.45) is 11.8 Å². The van der Waals surface area contributed by atoms with Gasteiger partial charge in [-0.1, -0.05) is 44.2 Å². The molecule has 5 nitrogen and oxygen atoms in total. The molecular formula is C18H20N4OS. The van der Waals surface area contributed by atoms with Crippen LogP contribution in [0.3, 0.4) is 0 Å². The van der Waals surface area contributed by atoms with Gasteiger partial charge in [0, 0.05) is 16.9 Å². The molecule has 1 atom stereocenters. The summed E-state index contributed by atoms with van der Waals surface area (Å²) in [7, 11) is 0. The number of nitrogens with two attached hydrogens (primary N) is 1. The van der Waals surface area contributed by atoms with Crippen LogP contribution in [0.4, 0.5) is 5.82 Å². The maximum absolute atomic E-state index is 5.99. The third-order valence-electron chi connectivity index (χ3n) is 4.48. The Morgan fingerprint density at radius 3 is 2.75 bits per heavy atom. The van der Waals surface area contributed by atoms with Gasteiger partial charge in [-0.3, -0.25) is 0 Å². The zero-order valence-electron chi connectivity index (χ0n) is 13.7. The molecule has 3 aromatic rings. The molecule has 124 valence electrons. The van der Waals surface area contributed by atoms with Gasteiger partial charge in [0.1, 0.15) is 4.83 Å². The van der Waals surface area contributed by atoms with E-state index in [9.17, 15) is 0 Å². The molecule has 1 aliphatic rings. The fourth-order valence-electron chi connectivity index (χ4n) is 3.13. The van der Waals surface area contributed by atoms with E-state index in [-0.39, 0.29) is 6.10 Å². The number of hydrogen-bond acceptors (Lipinski definition) is 6. The normalized spacial score (nSPS) is 17.2. The standard InChI is InChI=1S/C18H20N4OS/c1-10(2)13-8-12-14(9-23-13)24-18-15(12)17(22-19)20-16(21-18)11-6-4-3-5-7-11/h3-7,10,13H,8-9,19H2,1-2H3,(H,20,21,22). The molecule has 1 aromatic carbocycles. The first kappa shape index (κ1) is 15.5. The molecule has 0 aliphatic carbocycles. The van der Waals surface area contributed by atoms with Crippen molar-refractivity contribution >= 4 is 27.4 Å². The zero-order valence-corrected chi connectivity index (χ0v) is 14.6. The number of thiophene rings is 1. The molecule has 1 aliphatic heterocycles. The van der Waals surface area contributed by atoms with Crippen molar-refractivity contribution in [2.45, 2.75) is 33.0 Å². The highest BCUT2D eigenvalue weighted by molar-refractivity contribution is 7.19. The van der Waals surface area contributed by atoms with E-state index in [2.05, 4.69) is 24.3 Å². The maximum Gasteiger partial charge on any atom is 0.163 e. The molecule has 3 heterocycles. The van der Waals surface area contributed by atoms with Crippen molar-refractivity contribution in [2.75, 3.05) is 5.43 Å². The maximum atomic E-state index is 5.99. The number of ether oxygens (including phenoxy) is 1. The lowest BCUT2D eigenvalue weighted by molar-refractivity contribution is 0.00203. The van der Waals surface area contributed by atoms with E-state index in [0.29, 0.717) is 24.2 Å². The first-order valence-electron chi connectivity index (χ1n) is 8.13. The van der Waals surface area contributed by atoms with Gasteiger partial charge in [-0.05, 0) is 11.5 Å². The van der Waals surface area contributed by atoms with Crippen LogP contribution < -0.4 is 11.3 Å². The fourth-order valence-corrected chi connectivity index (χ4v) is 4.25. The third-order valence-corrected chi connectivity index (χ3v) is 5.58. The molecule has 0 fully saturated rings. The summed E-state index contributed by atoms with van der Waals surface area (Å²) in [6.45, 7) is 5.02. The van der Waals surface area contributed by atoms with E-state index in [1.54, 1.807) is 11.3 Å². The van der Waals surface area contributed by atoms with Crippen molar-refractivity contribution in [1.82, 2.24) is 9.97 Å². The summed E-state index contributed by atoms with van der Waals surface area (Å²) in [6.07, 6.45) is 1.12. The predicted octanol–water partition coefficient (Wildman–Crippen LogP) is 3.74. The molecule has 0 spiro atoms. The highest BCUT2D eigenvalue weighted by atomic mass is 32.1. The summed E-state index contributed by atoms with van der Waals surface area (Å²) in [5.74, 6) is 7.65. The van der Waals surface area contributed by atoms with Gasteiger partial charge >= 0.3 is 0 Å². The Balaban J connectivity index is 1.87. The minimum atomic E-state index is 0.231. The van der Waals surface area contributed by atoms with E-state index in [0.717, 1.165) is 22.2 Å². The number of rotatable bonds is 3. The Bertz CT molecular complexity index is 876. The van der Waals surface area contributed by atoms with Gasteiger partial charge in [0.15, 0.2) is 11.6 Å². The van der Waals surface area contributed by atoms with Crippen LogP contribution in [0, 0.1) is 5.92 Å². The lowest BCUT2D eigenvalue weighted by Gasteiger charge is -2.26. The van der Waals surface area contributed by atoms with Crippen LogP contribution in [0.15, 0.2) is 30.3 Å². The van der Waals surface area contributed by atoms with Gasteiger partial charge in [-0.25, -0.2) is 15.8 Å². The summed E-state index contributed by atoms with van der Waals surface area (Å²) >= 11 is 1.68. The van der Waals surface area contributed by atoms with Crippen LogP contribution in [0.2, 0.25) is 0 Å². The van der Waals surface area contributed by atoms with Crippen molar-refractivity contribution in [3.63, 3.8) is 0 Å². The molecule has 0 amide bonds. The summed E-state index contributed by atoms with van der Waals surface area (Å²) in [4.78, 5) is 11.6. The molecule has 0 bridgehead atoms. The number of nitrogens with one attached hydrogen (secondary N) is 1. The largest absolute Gasteiger partial charge is 0.372 e. The highest BCUT2D eigenvalue weighted by Gasteiger charge is 2.28. The molecule has 1 unspecified atom stereocenters. The lowest BCUT2D eigenvalue weighted by Crippen LogP contribution is -2.26. The minimum Gasteiger partial charge on any atom is -0.372 e. The van der Waals surface area contributed by atoms with Crippen LogP contribution in [-0.4, -0.2) is 16.1 Å². The Morgan fingerprint density at radius 2 is 2.04 bits per heavy atom. The van der Waals surface area contributed by atoms with Gasteiger partial charge in [0.2, 0.25) is 0 Å². The molecule has 0 saturated carbocycles. The Hall–Kier alpha value is -2.02. The summed E-state index contributed by atoms with van der Waals surface area (Å²) in [5.41, 5.74) is 5.04. The second-order valence-corrected chi connectivity index (χ2v) is 7.47. The van der Waals surface area contributed by atoms with E-state index in [1.165, 1.54) is 10.4 Å². The van der Waals surface area contributed by atoms with Crippen LogP contribution in [0.5, 0.6) is 0 Å². The van der Waals surface area contributed by atoms with E-state index in [1.807, 2.05) is 30.3 Å². The average Bonchev–Trinajstić information content (AvgIpc) is 2.99. The number of fused-ring (bicyclic) bond motifs is 3. The Morgan fingerprint density at radius 1 is 1.25 bits per heavy atom. The molecule has 3 N–H and O–H groups in total. The first-order valence-corrected chi connectivity index (χ1v) is 8.95. The van der Waals surface area contributed by atoms with Gasteiger partial charge in [0.05, 0.1) is 18.1 Å². The fraction of sp³-hybridized carbons (Fsp3) is 0.333. The van der Waals surface area contributed by atoms with Crippen molar-refractivity contribution in [1.29, 1.82) is 0 Å². The zero-order chi connectivity index (χ0) is 16.7. The van der Waals surface area contributed by atoms with Gasteiger partial charge < -0.3 is 10.2 Å². The first-order chi connectivity index (χ1) is 11.7. The SMILES string of the molecule is CC(C)C1Cc2c(sc3nc(-c4ccccc4)nc(NN)c23)CO1. The van der Waals surface area contributed by atoms with Gasteiger partial charge in [-0.2, -0.15) is 0 Å². The highest BCUT2D eigenvalue weighted by Crippen LogP contribution is 2.40. The Labute approximate surface area is 144 Å². The molecule has 0 saturated heterocycles. The number of hydrogen-bond donors (Lipinski definition) is 2. The third kappa shape index (κ3) is 2.56. The minimum absolute atomic E-state index is 0.231. The number of anilines is 1. The molecule has 2 aromatic heterocycles.